The summed E-state index contributed by atoms with van der Waals surface area (Å²) in [4.78, 5) is 9.85. The van der Waals surface area contributed by atoms with Crippen LogP contribution in [-0.2, 0) is 9.53 Å². The Morgan fingerprint density at radius 2 is 2.00 bits per heavy atom. The van der Waals surface area contributed by atoms with Gasteiger partial charge in [0, 0.05) is 6.42 Å². The van der Waals surface area contributed by atoms with Crippen molar-refractivity contribution in [1.29, 1.82) is 0 Å². The highest BCUT2D eigenvalue weighted by Gasteiger charge is 2.08. The van der Waals surface area contributed by atoms with Crippen molar-refractivity contribution in [2.75, 3.05) is 13.2 Å². The van der Waals surface area contributed by atoms with Gasteiger partial charge in [-0.1, -0.05) is 20.8 Å². The highest BCUT2D eigenvalue weighted by molar-refractivity contribution is 5.49. The number of hydrogen-bond acceptors (Lipinski definition) is 2. The number of hydrogen-bond donors (Lipinski definition) is 0. The molecule has 0 N–H and O–H groups in total. The van der Waals surface area contributed by atoms with E-state index in [1.807, 2.05) is 0 Å². The van der Waals surface area contributed by atoms with E-state index in [4.69, 9.17) is 4.74 Å². The Balaban J connectivity index is 3.12. The van der Waals surface area contributed by atoms with Gasteiger partial charge in [-0.2, -0.15) is 0 Å². The second kappa shape index (κ2) is 4.45. The molecule has 0 rings (SSSR count). The standard InChI is InChI=1S/C8H16O2/c1-8(2,3)7-10-6-4-5-9/h5H,4,6-7H2,1-3H3. The minimum Gasteiger partial charge on any atom is -0.380 e. The molecule has 2 heteroatoms. The summed E-state index contributed by atoms with van der Waals surface area (Å²) in [5, 5.41) is 0. The van der Waals surface area contributed by atoms with Crippen LogP contribution in [0.1, 0.15) is 27.2 Å². The Morgan fingerprint density at radius 1 is 1.40 bits per heavy atom. The van der Waals surface area contributed by atoms with E-state index < -0.39 is 0 Å². The van der Waals surface area contributed by atoms with E-state index in [2.05, 4.69) is 20.8 Å². The van der Waals surface area contributed by atoms with E-state index in [0.29, 0.717) is 13.0 Å². The zero-order chi connectivity index (χ0) is 8.04. The van der Waals surface area contributed by atoms with Gasteiger partial charge in [0.2, 0.25) is 0 Å². The van der Waals surface area contributed by atoms with E-state index in [-0.39, 0.29) is 5.41 Å². The van der Waals surface area contributed by atoms with Crippen molar-refractivity contribution in [2.24, 2.45) is 5.41 Å². The molecule has 0 aliphatic rings. The summed E-state index contributed by atoms with van der Waals surface area (Å²) in [6, 6.07) is 0. The molecule has 0 unspecified atom stereocenters. The van der Waals surface area contributed by atoms with Gasteiger partial charge in [-0.15, -0.1) is 0 Å². The fourth-order valence-corrected chi connectivity index (χ4v) is 0.510. The zero-order valence-electron chi connectivity index (χ0n) is 7.02. The maximum Gasteiger partial charge on any atom is 0.122 e. The van der Waals surface area contributed by atoms with Gasteiger partial charge < -0.3 is 9.53 Å². The third kappa shape index (κ3) is 7.63. The Bertz CT molecular complexity index is 91.9. The van der Waals surface area contributed by atoms with Crippen molar-refractivity contribution in [1.82, 2.24) is 0 Å². The van der Waals surface area contributed by atoms with Gasteiger partial charge in [-0.3, -0.25) is 0 Å². The molecule has 2 nitrogen and oxygen atoms in total. The van der Waals surface area contributed by atoms with Crippen molar-refractivity contribution < 1.29 is 9.53 Å². The van der Waals surface area contributed by atoms with Crippen LogP contribution in [-0.4, -0.2) is 19.5 Å². The molecule has 0 amide bonds. The average Bonchev–Trinajstić information content (AvgIpc) is 1.78. The summed E-state index contributed by atoms with van der Waals surface area (Å²) in [6.07, 6.45) is 1.39. The smallest absolute Gasteiger partial charge is 0.122 e. The third-order valence-corrected chi connectivity index (χ3v) is 0.915. The summed E-state index contributed by atoms with van der Waals surface area (Å²) in [5.41, 5.74) is 0.211. The van der Waals surface area contributed by atoms with Gasteiger partial charge in [0.15, 0.2) is 0 Å². The maximum atomic E-state index is 9.85. The summed E-state index contributed by atoms with van der Waals surface area (Å²) < 4.78 is 5.21. The van der Waals surface area contributed by atoms with Crippen molar-refractivity contribution >= 4 is 6.29 Å². The molecule has 0 saturated heterocycles. The zero-order valence-corrected chi connectivity index (χ0v) is 7.02. The summed E-state index contributed by atoms with van der Waals surface area (Å²) >= 11 is 0. The van der Waals surface area contributed by atoms with Gasteiger partial charge in [-0.25, -0.2) is 0 Å². The first kappa shape index (κ1) is 9.63. The number of carbonyl (C=O) groups is 1. The lowest BCUT2D eigenvalue weighted by Gasteiger charge is -2.17. The largest absolute Gasteiger partial charge is 0.380 e. The van der Waals surface area contributed by atoms with Gasteiger partial charge in [0.1, 0.15) is 6.29 Å². The molecule has 10 heavy (non-hydrogen) atoms. The van der Waals surface area contributed by atoms with Crippen LogP contribution in [0.5, 0.6) is 0 Å². The minimum atomic E-state index is 0.211. The van der Waals surface area contributed by atoms with E-state index >= 15 is 0 Å². The van der Waals surface area contributed by atoms with Crippen LogP contribution in [0, 0.1) is 5.41 Å². The normalized spacial score (nSPS) is 11.5. The predicted molar refractivity (Wildman–Crippen MR) is 41.0 cm³/mol. The second-order valence-electron chi connectivity index (χ2n) is 3.57. The van der Waals surface area contributed by atoms with Crippen LogP contribution in [0.3, 0.4) is 0 Å². The van der Waals surface area contributed by atoms with Crippen LogP contribution >= 0.6 is 0 Å². The quantitative estimate of drug-likeness (QED) is 0.443. The minimum absolute atomic E-state index is 0.211. The molecule has 0 atom stereocenters. The van der Waals surface area contributed by atoms with Crippen LogP contribution in [0.15, 0.2) is 0 Å². The molecule has 0 aromatic heterocycles. The first-order chi connectivity index (χ1) is 4.56. The molecule has 0 aromatic carbocycles. The fraction of sp³-hybridized carbons (Fsp3) is 0.875. The van der Waals surface area contributed by atoms with E-state index in [1.54, 1.807) is 0 Å². The lowest BCUT2D eigenvalue weighted by molar-refractivity contribution is -0.109. The Morgan fingerprint density at radius 3 is 2.40 bits per heavy atom. The fourth-order valence-electron chi connectivity index (χ4n) is 0.510. The van der Waals surface area contributed by atoms with Crippen LogP contribution < -0.4 is 0 Å². The van der Waals surface area contributed by atoms with Gasteiger partial charge in [0.25, 0.3) is 0 Å². The van der Waals surface area contributed by atoms with Crippen molar-refractivity contribution in [3.05, 3.63) is 0 Å². The molecular formula is C8H16O2. The molecule has 0 fully saturated rings. The topological polar surface area (TPSA) is 26.3 Å². The predicted octanol–water partition coefficient (Wildman–Crippen LogP) is 1.64. The lowest BCUT2D eigenvalue weighted by atomic mass is 9.99. The lowest BCUT2D eigenvalue weighted by Crippen LogP contribution is -2.15. The molecule has 60 valence electrons. The Kier molecular flexibility index (Phi) is 4.28. The van der Waals surface area contributed by atoms with Crippen LogP contribution in [0.25, 0.3) is 0 Å². The molecule has 0 aliphatic heterocycles. The van der Waals surface area contributed by atoms with E-state index in [0.717, 1.165) is 12.9 Å². The van der Waals surface area contributed by atoms with Gasteiger partial charge in [-0.05, 0) is 5.41 Å². The highest BCUT2D eigenvalue weighted by atomic mass is 16.5. The molecule has 0 bridgehead atoms. The molecule has 0 aromatic rings. The average molecular weight is 144 g/mol. The van der Waals surface area contributed by atoms with Crippen molar-refractivity contribution in [3.63, 3.8) is 0 Å². The number of ether oxygens (including phenoxy) is 1. The highest BCUT2D eigenvalue weighted by Crippen LogP contribution is 2.12. The molecular weight excluding hydrogens is 128 g/mol. The molecule has 0 radical (unpaired) electrons. The Labute approximate surface area is 62.6 Å². The molecule has 0 saturated carbocycles. The first-order valence-electron chi connectivity index (χ1n) is 3.57. The van der Waals surface area contributed by atoms with Gasteiger partial charge >= 0.3 is 0 Å². The summed E-state index contributed by atoms with van der Waals surface area (Å²) in [5.74, 6) is 0. The molecule has 0 aliphatic carbocycles. The van der Waals surface area contributed by atoms with Crippen LogP contribution in [0.2, 0.25) is 0 Å². The number of carbonyl (C=O) groups excluding carboxylic acids is 1. The molecule has 0 spiro atoms. The van der Waals surface area contributed by atoms with Crippen molar-refractivity contribution in [3.8, 4) is 0 Å². The summed E-state index contributed by atoms with van der Waals surface area (Å²) in [6.45, 7) is 7.59. The SMILES string of the molecule is CC(C)(C)COCCC=O. The Hall–Kier alpha value is -0.370. The van der Waals surface area contributed by atoms with E-state index in [1.165, 1.54) is 0 Å². The second-order valence-corrected chi connectivity index (χ2v) is 3.57. The molecule has 0 heterocycles. The van der Waals surface area contributed by atoms with E-state index in [9.17, 15) is 4.79 Å². The van der Waals surface area contributed by atoms with Crippen LogP contribution in [0.4, 0.5) is 0 Å². The maximum absolute atomic E-state index is 9.85. The monoisotopic (exact) mass is 144 g/mol. The first-order valence-corrected chi connectivity index (χ1v) is 3.57. The number of aldehydes is 1. The van der Waals surface area contributed by atoms with Gasteiger partial charge in [0.05, 0.1) is 13.2 Å². The number of rotatable bonds is 4. The van der Waals surface area contributed by atoms with Crippen molar-refractivity contribution in [2.45, 2.75) is 27.2 Å². The third-order valence-electron chi connectivity index (χ3n) is 0.915. The summed E-state index contributed by atoms with van der Waals surface area (Å²) in [7, 11) is 0.